The number of nitrogens with zero attached hydrogens (tertiary/aromatic N) is 6. The molecule has 0 bridgehead atoms. The molecular weight excluding hydrogens is 452 g/mol. The number of sulfonamides is 1. The Hall–Kier alpha value is -3.26. The van der Waals surface area contributed by atoms with E-state index in [9.17, 15) is 13.2 Å². The monoisotopic (exact) mass is 470 g/mol. The molecule has 3 heterocycles. The Bertz CT molecular complexity index is 1150. The van der Waals surface area contributed by atoms with Crippen molar-refractivity contribution in [2.24, 2.45) is 17.0 Å². The first-order valence-corrected chi connectivity index (χ1v) is 10.6. The van der Waals surface area contributed by atoms with Crippen LogP contribution in [0.3, 0.4) is 0 Å². The summed E-state index contributed by atoms with van der Waals surface area (Å²) in [5.74, 6) is -0.0198. The third-order valence-corrected chi connectivity index (χ3v) is 5.65. The highest BCUT2D eigenvalue weighted by Gasteiger charge is 2.31. The van der Waals surface area contributed by atoms with E-state index in [2.05, 4.69) is 30.4 Å². The molecule has 166 valence electrons. The van der Waals surface area contributed by atoms with Crippen LogP contribution in [0.5, 0.6) is 11.8 Å². The molecule has 0 spiro atoms. The van der Waals surface area contributed by atoms with Crippen molar-refractivity contribution in [2.45, 2.75) is 18.0 Å². The lowest BCUT2D eigenvalue weighted by Gasteiger charge is -2.13. The molecule has 3 rings (SSSR count). The standard InChI is InChI=1S/C16H19ClN8O5S/c1-8-6-18-7-9(19-8)12-13(17)23-25(2)14(12)31(27,28)24-16(26)22-15-20-10(29-3)5-11(21-15)30-4/h5,7-8H,6H2,1-4H3,(H2,20,21,22,24,26). The first-order chi connectivity index (χ1) is 14.6. The van der Waals surface area contributed by atoms with Crippen LogP contribution in [0.4, 0.5) is 10.7 Å². The lowest BCUT2D eigenvalue weighted by molar-refractivity contribution is 0.256. The third-order valence-electron chi connectivity index (χ3n) is 3.96. The van der Waals surface area contributed by atoms with Gasteiger partial charge in [0.15, 0.2) is 10.2 Å². The van der Waals surface area contributed by atoms with Gasteiger partial charge in [-0.2, -0.15) is 23.5 Å². The van der Waals surface area contributed by atoms with Crippen molar-refractivity contribution in [1.82, 2.24) is 24.5 Å². The van der Waals surface area contributed by atoms with Crippen molar-refractivity contribution in [2.75, 3.05) is 26.1 Å². The minimum absolute atomic E-state index is 0.0408. The summed E-state index contributed by atoms with van der Waals surface area (Å²) in [5, 5.41) is 5.72. The van der Waals surface area contributed by atoms with E-state index in [0.29, 0.717) is 6.54 Å². The smallest absolute Gasteiger partial charge is 0.335 e. The second kappa shape index (κ2) is 8.85. The fraction of sp³-hybridized carbons (Fsp3) is 0.375. The summed E-state index contributed by atoms with van der Waals surface area (Å²) in [6.45, 7) is 2.29. The van der Waals surface area contributed by atoms with Gasteiger partial charge in [0.2, 0.25) is 17.7 Å². The molecule has 0 fully saturated rings. The van der Waals surface area contributed by atoms with Crippen LogP contribution >= 0.6 is 11.6 Å². The molecule has 0 saturated carbocycles. The Morgan fingerprint density at radius 1 is 1.26 bits per heavy atom. The van der Waals surface area contributed by atoms with Gasteiger partial charge in [-0.05, 0) is 6.92 Å². The summed E-state index contributed by atoms with van der Waals surface area (Å²) < 4.78 is 38.8. The van der Waals surface area contributed by atoms with E-state index in [-0.39, 0.29) is 45.2 Å². The van der Waals surface area contributed by atoms with Gasteiger partial charge in [-0.25, -0.2) is 9.52 Å². The van der Waals surface area contributed by atoms with E-state index in [4.69, 9.17) is 21.1 Å². The zero-order valence-corrected chi connectivity index (χ0v) is 18.5. The number of aliphatic imine (C=N–C) groups is 2. The van der Waals surface area contributed by atoms with Crippen molar-refractivity contribution in [3.8, 4) is 11.8 Å². The van der Waals surface area contributed by atoms with Crippen molar-refractivity contribution in [3.63, 3.8) is 0 Å². The molecule has 2 amide bonds. The second-order valence-electron chi connectivity index (χ2n) is 6.29. The Balaban J connectivity index is 1.90. The predicted octanol–water partition coefficient (Wildman–Crippen LogP) is 0.653. The van der Waals surface area contributed by atoms with Gasteiger partial charge in [0.05, 0.1) is 44.1 Å². The maximum absolute atomic E-state index is 13.0. The van der Waals surface area contributed by atoms with Crippen molar-refractivity contribution < 1.29 is 22.7 Å². The predicted molar refractivity (Wildman–Crippen MR) is 112 cm³/mol. The van der Waals surface area contributed by atoms with E-state index in [1.54, 1.807) is 0 Å². The highest BCUT2D eigenvalue weighted by atomic mass is 35.5. The van der Waals surface area contributed by atoms with E-state index < -0.39 is 16.1 Å². The number of halogens is 1. The molecule has 0 aliphatic carbocycles. The number of urea groups is 1. The maximum Gasteiger partial charge on any atom is 0.335 e. The van der Waals surface area contributed by atoms with Crippen molar-refractivity contribution in [1.29, 1.82) is 0 Å². The Labute approximate surface area is 182 Å². The Morgan fingerprint density at radius 3 is 2.48 bits per heavy atom. The number of nitrogens with one attached hydrogen (secondary N) is 2. The van der Waals surface area contributed by atoms with Crippen LogP contribution in [0.15, 0.2) is 21.1 Å². The summed E-state index contributed by atoms with van der Waals surface area (Å²) in [7, 11) is -0.322. The average Bonchev–Trinajstić information content (AvgIpc) is 3.01. The zero-order chi connectivity index (χ0) is 22.8. The number of ether oxygens (including phenoxy) is 2. The van der Waals surface area contributed by atoms with Gasteiger partial charge in [0.25, 0.3) is 10.0 Å². The number of rotatable bonds is 6. The highest BCUT2D eigenvalue weighted by molar-refractivity contribution is 7.90. The summed E-state index contributed by atoms with van der Waals surface area (Å²) in [5.41, 5.74) is 0.289. The molecule has 0 radical (unpaired) electrons. The number of hydrogen-bond acceptors (Lipinski definition) is 10. The maximum atomic E-state index is 13.0. The molecule has 2 N–H and O–H groups in total. The van der Waals surface area contributed by atoms with Crippen LogP contribution in [-0.2, 0) is 17.1 Å². The number of carbonyl (C=O) groups excluding carboxylic acids is 1. The minimum atomic E-state index is -4.42. The van der Waals surface area contributed by atoms with Crippen LogP contribution in [0.1, 0.15) is 12.5 Å². The summed E-state index contributed by atoms with van der Waals surface area (Å²) in [6.07, 6.45) is 1.42. The van der Waals surface area contributed by atoms with Gasteiger partial charge in [0, 0.05) is 13.3 Å². The van der Waals surface area contributed by atoms with E-state index in [1.807, 2.05) is 11.6 Å². The first-order valence-electron chi connectivity index (χ1n) is 8.76. The molecule has 31 heavy (non-hydrogen) atoms. The number of aromatic nitrogens is 4. The lowest BCUT2D eigenvalue weighted by Crippen LogP contribution is -2.36. The largest absolute Gasteiger partial charge is 0.481 e. The summed E-state index contributed by atoms with van der Waals surface area (Å²) in [4.78, 5) is 28.7. The lowest BCUT2D eigenvalue weighted by atomic mass is 10.2. The topological polar surface area (TPSA) is 162 Å². The summed E-state index contributed by atoms with van der Waals surface area (Å²) >= 11 is 6.16. The number of amides is 2. The number of aryl methyl sites for hydroxylation is 1. The van der Waals surface area contributed by atoms with Crippen molar-refractivity contribution >= 4 is 45.5 Å². The molecule has 15 heteroatoms. The fourth-order valence-electron chi connectivity index (χ4n) is 2.70. The van der Waals surface area contributed by atoms with Gasteiger partial charge < -0.3 is 9.47 Å². The number of carbonyl (C=O) groups is 1. The Morgan fingerprint density at radius 2 is 1.90 bits per heavy atom. The SMILES string of the molecule is COc1cc(OC)nc(NC(=O)NS(=O)(=O)c2c(C3=NC(C)CN=C3)c(Cl)nn2C)n1. The van der Waals surface area contributed by atoms with Crippen LogP contribution < -0.4 is 19.5 Å². The van der Waals surface area contributed by atoms with Crippen molar-refractivity contribution in [3.05, 3.63) is 16.8 Å². The molecule has 2 aromatic rings. The number of methoxy groups -OCH3 is 2. The highest BCUT2D eigenvalue weighted by Crippen LogP contribution is 2.25. The van der Waals surface area contributed by atoms with Gasteiger partial charge in [-0.3, -0.25) is 20.0 Å². The fourth-order valence-corrected chi connectivity index (χ4v) is 4.31. The average molecular weight is 471 g/mol. The van der Waals surface area contributed by atoms with Gasteiger partial charge in [0.1, 0.15) is 0 Å². The van der Waals surface area contributed by atoms with Gasteiger partial charge in [-0.15, -0.1) is 0 Å². The molecule has 1 atom stereocenters. The minimum Gasteiger partial charge on any atom is -0.481 e. The van der Waals surface area contributed by atoms with Gasteiger partial charge in [-0.1, -0.05) is 11.6 Å². The molecule has 2 aromatic heterocycles. The van der Waals surface area contributed by atoms with E-state index in [1.165, 1.54) is 33.5 Å². The van der Waals surface area contributed by atoms with Gasteiger partial charge >= 0.3 is 6.03 Å². The van der Waals surface area contributed by atoms with Crippen LogP contribution in [-0.4, -0.2) is 72.9 Å². The zero-order valence-electron chi connectivity index (χ0n) is 16.9. The first kappa shape index (κ1) is 22.4. The number of anilines is 1. The second-order valence-corrected chi connectivity index (χ2v) is 8.24. The van der Waals surface area contributed by atoms with Crippen LogP contribution in [0, 0.1) is 0 Å². The van der Waals surface area contributed by atoms with E-state index >= 15 is 0 Å². The molecule has 13 nitrogen and oxygen atoms in total. The normalized spacial score (nSPS) is 15.9. The molecule has 0 saturated heterocycles. The molecule has 1 aliphatic heterocycles. The van der Waals surface area contributed by atoms with Crippen LogP contribution in [0.25, 0.3) is 0 Å². The quantitative estimate of drug-likeness (QED) is 0.621. The van der Waals surface area contributed by atoms with Crippen LogP contribution in [0.2, 0.25) is 5.15 Å². The van der Waals surface area contributed by atoms with E-state index in [0.717, 1.165) is 4.68 Å². The third kappa shape index (κ3) is 4.91. The summed E-state index contributed by atoms with van der Waals surface area (Å²) in [6, 6.07) is 0.103. The molecule has 0 aromatic carbocycles. The number of hydrogen-bond donors (Lipinski definition) is 2. The molecular formula is C16H19ClN8O5S. The molecule has 1 unspecified atom stereocenters. The Kier molecular flexibility index (Phi) is 6.40. The molecule has 1 aliphatic rings.